The molecule has 146 valence electrons. The van der Waals surface area contributed by atoms with Gasteiger partial charge in [0, 0.05) is 12.5 Å². The molecule has 26 heavy (non-hydrogen) atoms. The summed E-state index contributed by atoms with van der Waals surface area (Å²) >= 11 is 0. The van der Waals surface area contributed by atoms with Crippen LogP contribution in [0.1, 0.15) is 32.1 Å². The summed E-state index contributed by atoms with van der Waals surface area (Å²) < 4.78 is 5.80. The molecular weight excluding hydrogens is 338 g/mol. The fourth-order valence-electron chi connectivity index (χ4n) is 2.13. The predicted molar refractivity (Wildman–Crippen MR) is 98.6 cm³/mol. The second-order valence-electron chi connectivity index (χ2n) is 6.88. The average Bonchev–Trinajstić information content (AvgIpc) is 2.46. The van der Waals surface area contributed by atoms with Crippen LogP contribution in [-0.2, 0) is 19.1 Å². The van der Waals surface area contributed by atoms with Crippen molar-refractivity contribution in [2.75, 3.05) is 27.7 Å². The molecule has 0 heterocycles. The molecule has 1 atom stereocenters. The molecule has 0 spiro atoms. The first-order valence-corrected chi connectivity index (χ1v) is 8.51. The van der Waals surface area contributed by atoms with Gasteiger partial charge in [-0.2, -0.15) is 0 Å². The van der Waals surface area contributed by atoms with E-state index in [-0.39, 0.29) is 12.8 Å². The van der Waals surface area contributed by atoms with E-state index in [4.69, 9.17) is 14.9 Å². The van der Waals surface area contributed by atoms with E-state index in [1.807, 2.05) is 45.4 Å². The van der Waals surface area contributed by atoms with E-state index in [2.05, 4.69) is 0 Å². The first kappa shape index (κ1) is 23.6. The van der Waals surface area contributed by atoms with Crippen molar-refractivity contribution in [3.05, 3.63) is 36.5 Å². The highest BCUT2D eigenvalue weighted by Gasteiger charge is 2.24. The largest absolute Gasteiger partial charge is 0.481 e. The number of quaternary nitrogens is 1. The van der Waals surface area contributed by atoms with Crippen molar-refractivity contribution in [3.63, 3.8) is 0 Å². The van der Waals surface area contributed by atoms with Crippen molar-refractivity contribution in [1.82, 2.24) is 0 Å². The number of allylic oxidation sites excluding steroid dienone is 5. The lowest BCUT2D eigenvalue weighted by Gasteiger charge is -2.28. The Balaban J connectivity index is 4.09. The zero-order valence-electron chi connectivity index (χ0n) is 15.8. The standard InChI is InChI=1S/C19H29NO6/c1-20(2,3)15-16(14-18(23)24)26-19(25)13-11-9-7-5-4-6-8-10-12-17(21)22/h4,6-7,9-10,12,16H,5,8,11,13-15H2,1-3H3,(H-,21,22,23,24)/p+1/b6-4+,9-7+,12-10+. The maximum atomic E-state index is 11.9. The third kappa shape index (κ3) is 16.4. The lowest BCUT2D eigenvalue weighted by Crippen LogP contribution is -2.43. The molecule has 0 bridgehead atoms. The molecule has 0 aliphatic heterocycles. The Labute approximate surface area is 154 Å². The molecule has 1 unspecified atom stereocenters. The monoisotopic (exact) mass is 368 g/mol. The number of esters is 1. The number of carbonyl (C=O) groups is 3. The molecular formula is C19H30NO6+. The number of likely N-dealkylation sites (N-methyl/N-ethyl adjacent to an activating group) is 1. The summed E-state index contributed by atoms with van der Waals surface area (Å²) in [7, 11) is 5.74. The quantitative estimate of drug-likeness (QED) is 0.224. The lowest BCUT2D eigenvalue weighted by atomic mass is 10.2. The summed E-state index contributed by atoms with van der Waals surface area (Å²) in [5.74, 6) is -2.35. The number of carboxylic acid groups (broad SMARTS) is 2. The van der Waals surface area contributed by atoms with Gasteiger partial charge in [-0.15, -0.1) is 0 Å². The molecule has 7 nitrogen and oxygen atoms in total. The van der Waals surface area contributed by atoms with Crippen LogP contribution in [-0.4, -0.2) is 66.4 Å². The van der Waals surface area contributed by atoms with Crippen LogP contribution in [0.2, 0.25) is 0 Å². The SMILES string of the molecule is C[N+](C)(C)CC(CC(=O)O)OC(=O)CC/C=C/C/C=C/C/C=C/C(=O)O. The van der Waals surface area contributed by atoms with Crippen LogP contribution in [0.4, 0.5) is 0 Å². The summed E-state index contributed by atoms with van der Waals surface area (Å²) in [4.78, 5) is 33.0. The number of rotatable bonds is 13. The fraction of sp³-hybridized carbons (Fsp3) is 0.526. The van der Waals surface area contributed by atoms with Gasteiger partial charge in [0.25, 0.3) is 0 Å². The first-order chi connectivity index (χ1) is 12.1. The Bertz CT molecular complexity index is 543. The van der Waals surface area contributed by atoms with E-state index in [1.165, 1.54) is 0 Å². The summed E-state index contributed by atoms with van der Waals surface area (Å²) in [6.45, 7) is 0.439. The Kier molecular flexibility index (Phi) is 11.7. The minimum Gasteiger partial charge on any atom is -0.481 e. The molecule has 0 rings (SSSR count). The average molecular weight is 368 g/mol. The predicted octanol–water partition coefficient (Wildman–Crippen LogP) is 2.39. The topological polar surface area (TPSA) is 101 Å². The highest BCUT2D eigenvalue weighted by atomic mass is 16.5. The third-order valence-electron chi connectivity index (χ3n) is 3.10. The van der Waals surface area contributed by atoms with Gasteiger partial charge in [-0.05, 0) is 19.3 Å². The number of aliphatic carboxylic acids is 2. The van der Waals surface area contributed by atoms with Crippen LogP contribution in [0, 0.1) is 0 Å². The molecule has 0 aliphatic rings. The van der Waals surface area contributed by atoms with Gasteiger partial charge in [0.1, 0.15) is 6.54 Å². The van der Waals surface area contributed by atoms with Crippen LogP contribution in [0.5, 0.6) is 0 Å². The molecule has 0 amide bonds. The summed E-state index contributed by atoms with van der Waals surface area (Å²) in [6, 6.07) is 0. The second kappa shape index (κ2) is 12.9. The van der Waals surface area contributed by atoms with E-state index in [1.54, 1.807) is 6.08 Å². The number of carbonyl (C=O) groups excluding carboxylic acids is 1. The van der Waals surface area contributed by atoms with Crippen molar-refractivity contribution >= 4 is 17.9 Å². The number of ether oxygens (including phenoxy) is 1. The zero-order valence-corrected chi connectivity index (χ0v) is 15.8. The van der Waals surface area contributed by atoms with Crippen molar-refractivity contribution < 1.29 is 33.8 Å². The van der Waals surface area contributed by atoms with Gasteiger partial charge in [-0.1, -0.05) is 30.4 Å². The van der Waals surface area contributed by atoms with E-state index in [0.717, 1.165) is 6.08 Å². The minimum absolute atomic E-state index is 0.196. The van der Waals surface area contributed by atoms with Gasteiger partial charge in [-0.25, -0.2) is 4.79 Å². The van der Waals surface area contributed by atoms with E-state index >= 15 is 0 Å². The van der Waals surface area contributed by atoms with Gasteiger partial charge in [0.15, 0.2) is 6.10 Å². The molecule has 0 aromatic carbocycles. The van der Waals surface area contributed by atoms with Crippen LogP contribution >= 0.6 is 0 Å². The lowest BCUT2D eigenvalue weighted by molar-refractivity contribution is -0.873. The van der Waals surface area contributed by atoms with Crippen LogP contribution < -0.4 is 0 Å². The summed E-state index contributed by atoms with van der Waals surface area (Å²) in [5, 5.41) is 17.3. The normalized spacial score (nSPS) is 13.5. The Morgan fingerprint density at radius 3 is 2.08 bits per heavy atom. The zero-order chi connectivity index (χ0) is 20.0. The summed E-state index contributed by atoms with van der Waals surface area (Å²) in [6.07, 6.45) is 11.3. The van der Waals surface area contributed by atoms with Gasteiger partial charge < -0.3 is 19.4 Å². The maximum Gasteiger partial charge on any atom is 0.327 e. The number of carboxylic acids is 2. The smallest absolute Gasteiger partial charge is 0.327 e. The van der Waals surface area contributed by atoms with Gasteiger partial charge in [0.05, 0.1) is 27.6 Å². The van der Waals surface area contributed by atoms with Gasteiger partial charge >= 0.3 is 17.9 Å². The Morgan fingerprint density at radius 1 is 0.962 bits per heavy atom. The maximum absolute atomic E-state index is 11.9. The van der Waals surface area contributed by atoms with Crippen molar-refractivity contribution in [2.45, 2.75) is 38.2 Å². The van der Waals surface area contributed by atoms with E-state index in [9.17, 15) is 14.4 Å². The molecule has 0 saturated carbocycles. The first-order valence-electron chi connectivity index (χ1n) is 8.51. The van der Waals surface area contributed by atoms with Crippen LogP contribution in [0.25, 0.3) is 0 Å². The third-order valence-corrected chi connectivity index (χ3v) is 3.10. The number of hydrogen-bond acceptors (Lipinski definition) is 4. The fourth-order valence-corrected chi connectivity index (χ4v) is 2.13. The molecule has 0 saturated heterocycles. The van der Waals surface area contributed by atoms with E-state index < -0.39 is 24.0 Å². The highest BCUT2D eigenvalue weighted by Crippen LogP contribution is 2.07. The van der Waals surface area contributed by atoms with Crippen LogP contribution in [0.3, 0.4) is 0 Å². The minimum atomic E-state index is -0.985. The molecule has 0 aromatic heterocycles. The van der Waals surface area contributed by atoms with Crippen molar-refractivity contribution in [3.8, 4) is 0 Å². The number of hydrogen-bond donors (Lipinski definition) is 2. The highest BCUT2D eigenvalue weighted by molar-refractivity contribution is 5.79. The van der Waals surface area contributed by atoms with Gasteiger partial charge in [0.2, 0.25) is 0 Å². The van der Waals surface area contributed by atoms with E-state index in [0.29, 0.717) is 30.3 Å². The van der Waals surface area contributed by atoms with Crippen LogP contribution in [0.15, 0.2) is 36.5 Å². The second-order valence-corrected chi connectivity index (χ2v) is 6.88. The molecule has 7 heteroatoms. The summed E-state index contributed by atoms with van der Waals surface area (Å²) in [5.41, 5.74) is 0. The molecule has 0 aromatic rings. The molecule has 0 radical (unpaired) electrons. The Hall–Kier alpha value is -2.41. The van der Waals surface area contributed by atoms with Crippen molar-refractivity contribution in [1.29, 1.82) is 0 Å². The molecule has 0 fully saturated rings. The Morgan fingerprint density at radius 2 is 1.54 bits per heavy atom. The molecule has 0 aliphatic carbocycles. The molecule has 2 N–H and O–H groups in total. The van der Waals surface area contributed by atoms with Gasteiger partial charge in [-0.3, -0.25) is 9.59 Å². The van der Waals surface area contributed by atoms with Crippen molar-refractivity contribution in [2.24, 2.45) is 0 Å². The number of nitrogens with zero attached hydrogens (tertiary/aromatic N) is 1.